The lowest BCUT2D eigenvalue weighted by Gasteiger charge is -2.53. The second kappa shape index (κ2) is 9.70. The van der Waals surface area contributed by atoms with Gasteiger partial charge in [-0.1, -0.05) is 44.0 Å². The minimum absolute atomic E-state index is 0.0245. The van der Waals surface area contributed by atoms with Crippen molar-refractivity contribution in [3.8, 4) is 0 Å². The molecule has 0 unspecified atom stereocenters. The molecule has 1 N–H and O–H groups in total. The molecule has 0 radical (unpaired) electrons. The normalized spacial score (nSPS) is 34.5. The average Bonchev–Trinajstić information content (AvgIpc) is 3.05. The fourth-order valence-electron chi connectivity index (χ4n) is 7.20. The van der Waals surface area contributed by atoms with Gasteiger partial charge in [-0.05, 0) is 81.0 Å². The Kier molecular flexibility index (Phi) is 7.17. The van der Waals surface area contributed by atoms with Crippen LogP contribution in [0.4, 0.5) is 4.39 Å². The highest BCUT2D eigenvalue weighted by molar-refractivity contribution is 5.87. The van der Waals surface area contributed by atoms with Gasteiger partial charge >= 0.3 is 0 Å². The van der Waals surface area contributed by atoms with E-state index >= 15 is 4.39 Å². The minimum Gasteiger partial charge on any atom is -0.396 e. The van der Waals surface area contributed by atoms with Gasteiger partial charge in [0.15, 0.2) is 0 Å². The van der Waals surface area contributed by atoms with Crippen molar-refractivity contribution in [3.63, 3.8) is 0 Å². The van der Waals surface area contributed by atoms with Gasteiger partial charge in [0, 0.05) is 30.9 Å². The highest BCUT2D eigenvalue weighted by atomic mass is 19.1. The van der Waals surface area contributed by atoms with Gasteiger partial charge in [-0.3, -0.25) is 4.79 Å². The van der Waals surface area contributed by atoms with E-state index in [0.29, 0.717) is 36.4 Å². The molecule has 3 aliphatic carbocycles. The molecule has 4 rings (SSSR count). The van der Waals surface area contributed by atoms with Crippen LogP contribution in [0.5, 0.6) is 0 Å². The molecular weight excluding hydrogens is 389 g/mol. The predicted molar refractivity (Wildman–Crippen MR) is 123 cm³/mol. The van der Waals surface area contributed by atoms with Gasteiger partial charge in [-0.15, -0.1) is 0 Å². The molecule has 31 heavy (non-hydrogen) atoms. The zero-order chi connectivity index (χ0) is 22.0. The van der Waals surface area contributed by atoms with Gasteiger partial charge in [0.05, 0.1) is 0 Å². The Bertz CT molecular complexity index is 767. The maximum atomic E-state index is 15.7. The molecule has 4 heteroatoms. The monoisotopic (exact) mass is 429 g/mol. The molecule has 1 aromatic carbocycles. The topological polar surface area (TPSA) is 40.5 Å². The molecule has 3 nitrogen and oxygen atoms in total. The van der Waals surface area contributed by atoms with E-state index in [9.17, 15) is 4.79 Å². The summed E-state index contributed by atoms with van der Waals surface area (Å²) in [7, 11) is 2.12. The third-order valence-corrected chi connectivity index (χ3v) is 8.78. The van der Waals surface area contributed by atoms with E-state index < -0.39 is 11.6 Å². The summed E-state index contributed by atoms with van der Waals surface area (Å²) in [6.45, 7) is 4.34. The van der Waals surface area contributed by atoms with Crippen molar-refractivity contribution >= 4 is 5.78 Å². The van der Waals surface area contributed by atoms with Crippen LogP contribution in [0.2, 0.25) is 0 Å². The number of aliphatic hydroxyl groups excluding tert-OH is 1. The fourth-order valence-corrected chi connectivity index (χ4v) is 7.20. The minimum atomic E-state index is -0.905. The van der Waals surface area contributed by atoms with Crippen LogP contribution < -0.4 is 0 Å². The first-order valence-corrected chi connectivity index (χ1v) is 12.5. The van der Waals surface area contributed by atoms with Crippen molar-refractivity contribution in [2.45, 2.75) is 76.8 Å². The summed E-state index contributed by atoms with van der Waals surface area (Å²) in [6.07, 6.45) is 7.68. The SMILES string of the molecule is CN(CCCO)CCCCC[C@@H]1Cc2ccccc2[C@@H]2[C@@H]1[C@@H]1CCC(=O)[C@@]1(C)C[C@@H]2F. The maximum Gasteiger partial charge on any atom is 0.139 e. The molecule has 2 fully saturated rings. The Morgan fingerprint density at radius 1 is 1.16 bits per heavy atom. The van der Waals surface area contributed by atoms with Crippen molar-refractivity contribution in [2.24, 2.45) is 23.2 Å². The average molecular weight is 430 g/mol. The third kappa shape index (κ3) is 4.48. The number of unbranched alkanes of at least 4 members (excludes halogenated alkanes) is 2. The Hall–Kier alpha value is -1.26. The van der Waals surface area contributed by atoms with E-state index in [-0.39, 0.29) is 12.5 Å². The highest BCUT2D eigenvalue weighted by Gasteiger charge is 2.60. The fraction of sp³-hybridized carbons (Fsp3) is 0.741. The van der Waals surface area contributed by atoms with Gasteiger partial charge in [0.1, 0.15) is 12.0 Å². The van der Waals surface area contributed by atoms with Crippen LogP contribution in [0.3, 0.4) is 0 Å². The van der Waals surface area contributed by atoms with Gasteiger partial charge in [-0.2, -0.15) is 0 Å². The maximum absolute atomic E-state index is 15.7. The number of carbonyl (C=O) groups is 1. The Balaban J connectivity index is 1.45. The molecule has 0 aromatic heterocycles. The lowest BCUT2D eigenvalue weighted by molar-refractivity contribution is -0.132. The number of benzene rings is 1. The molecule has 0 aliphatic heterocycles. The molecular formula is C27H40FNO2. The van der Waals surface area contributed by atoms with Crippen LogP contribution in [0.25, 0.3) is 0 Å². The van der Waals surface area contributed by atoms with Gasteiger partial charge in [0.25, 0.3) is 0 Å². The number of fused-ring (bicyclic) bond motifs is 5. The second-order valence-corrected chi connectivity index (χ2v) is 10.7. The quantitative estimate of drug-likeness (QED) is 0.551. The van der Waals surface area contributed by atoms with Gasteiger partial charge in [-0.25, -0.2) is 4.39 Å². The lowest BCUT2D eigenvalue weighted by Crippen LogP contribution is -2.50. The van der Waals surface area contributed by atoms with E-state index in [2.05, 4.69) is 43.1 Å². The zero-order valence-corrected chi connectivity index (χ0v) is 19.4. The van der Waals surface area contributed by atoms with E-state index in [1.807, 2.05) is 0 Å². The molecule has 6 atom stereocenters. The first kappa shape index (κ1) is 22.9. The van der Waals surface area contributed by atoms with Crippen molar-refractivity contribution < 1.29 is 14.3 Å². The Morgan fingerprint density at radius 2 is 1.94 bits per heavy atom. The first-order chi connectivity index (χ1) is 15.0. The van der Waals surface area contributed by atoms with Crippen LogP contribution in [0, 0.1) is 23.2 Å². The zero-order valence-electron chi connectivity index (χ0n) is 19.4. The van der Waals surface area contributed by atoms with Gasteiger partial charge in [0.2, 0.25) is 0 Å². The smallest absolute Gasteiger partial charge is 0.139 e. The highest BCUT2D eigenvalue weighted by Crippen LogP contribution is 2.62. The lowest BCUT2D eigenvalue weighted by atomic mass is 9.51. The van der Waals surface area contributed by atoms with Crippen molar-refractivity contribution in [3.05, 3.63) is 35.4 Å². The van der Waals surface area contributed by atoms with E-state index in [1.54, 1.807) is 0 Å². The molecule has 0 heterocycles. The number of hydrogen-bond acceptors (Lipinski definition) is 3. The number of nitrogens with zero attached hydrogens (tertiary/aromatic N) is 1. The number of ketones is 1. The molecule has 1 aromatic rings. The van der Waals surface area contributed by atoms with Gasteiger partial charge < -0.3 is 10.0 Å². The molecule has 0 amide bonds. The van der Waals surface area contributed by atoms with Crippen LogP contribution in [0.1, 0.15) is 75.3 Å². The Morgan fingerprint density at radius 3 is 2.74 bits per heavy atom. The molecule has 0 saturated heterocycles. The largest absolute Gasteiger partial charge is 0.396 e. The van der Waals surface area contributed by atoms with Crippen LogP contribution in [0.15, 0.2) is 24.3 Å². The van der Waals surface area contributed by atoms with Crippen LogP contribution in [-0.2, 0) is 11.2 Å². The molecule has 172 valence electrons. The van der Waals surface area contributed by atoms with E-state index in [0.717, 1.165) is 38.8 Å². The van der Waals surface area contributed by atoms with E-state index in [4.69, 9.17) is 5.11 Å². The third-order valence-electron chi connectivity index (χ3n) is 8.78. The van der Waals surface area contributed by atoms with E-state index in [1.165, 1.54) is 30.4 Å². The van der Waals surface area contributed by atoms with Crippen molar-refractivity contribution in [2.75, 3.05) is 26.7 Å². The molecule has 3 aliphatic rings. The summed E-state index contributed by atoms with van der Waals surface area (Å²) < 4.78 is 15.7. The molecule has 0 spiro atoms. The summed E-state index contributed by atoms with van der Waals surface area (Å²) in [5.41, 5.74) is 2.12. The van der Waals surface area contributed by atoms with Crippen molar-refractivity contribution in [1.29, 1.82) is 0 Å². The summed E-state index contributed by atoms with van der Waals surface area (Å²) in [6, 6.07) is 8.51. The summed E-state index contributed by atoms with van der Waals surface area (Å²) >= 11 is 0. The summed E-state index contributed by atoms with van der Waals surface area (Å²) in [5.74, 6) is 1.42. The standard InChI is InChI=1S/C27H40FNO2/c1-27-18-23(28)26-21-11-6-5-9-19(21)17-20(25(26)22(27)12-13-24(27)31)10-4-3-7-14-29(2)15-8-16-30/h5-6,9,11,20,22-23,25-26,30H,3-4,7-8,10,12-18H2,1-2H3/t20-,22+,23+,25+,26+,27+/m1/s1. The predicted octanol–water partition coefficient (Wildman–Crippen LogP) is 5.16. The number of Topliss-reactive ketones (excluding diaryl/α,β-unsaturated/α-hetero) is 1. The number of rotatable bonds is 9. The second-order valence-electron chi connectivity index (χ2n) is 10.7. The first-order valence-electron chi connectivity index (χ1n) is 12.5. The Labute approximate surface area is 187 Å². The number of aliphatic hydroxyl groups is 1. The molecule has 0 bridgehead atoms. The van der Waals surface area contributed by atoms with Crippen molar-refractivity contribution in [1.82, 2.24) is 4.90 Å². The number of carbonyl (C=O) groups excluding carboxylic acids is 1. The number of halogens is 1. The summed E-state index contributed by atoms with van der Waals surface area (Å²) in [4.78, 5) is 15.1. The number of alkyl halides is 1. The summed E-state index contributed by atoms with van der Waals surface area (Å²) in [5, 5.41) is 8.98. The van der Waals surface area contributed by atoms with Crippen LogP contribution >= 0.6 is 0 Å². The molecule has 2 saturated carbocycles. The number of hydrogen-bond donors (Lipinski definition) is 1. The van der Waals surface area contributed by atoms with Crippen LogP contribution in [-0.4, -0.2) is 48.7 Å².